The van der Waals surface area contributed by atoms with Gasteiger partial charge in [-0.3, -0.25) is 14.5 Å². The summed E-state index contributed by atoms with van der Waals surface area (Å²) in [5, 5.41) is 6.43. The van der Waals surface area contributed by atoms with Crippen LogP contribution in [0.1, 0.15) is 25.3 Å². The molecule has 1 amide bonds. The zero-order chi connectivity index (χ0) is 19.8. The van der Waals surface area contributed by atoms with Crippen molar-refractivity contribution in [2.24, 2.45) is 5.92 Å². The molecule has 7 heteroatoms. The maximum atomic E-state index is 12.5. The molecule has 0 atom stereocenters. The lowest BCUT2D eigenvalue weighted by Gasteiger charge is -2.30. The topological polar surface area (TPSA) is 73.9 Å². The molecule has 2 heterocycles. The number of carbonyl (C=O) groups excluding carboxylic acids is 2. The van der Waals surface area contributed by atoms with Gasteiger partial charge in [-0.1, -0.05) is 12.1 Å². The Morgan fingerprint density at radius 1 is 1.11 bits per heavy atom. The van der Waals surface area contributed by atoms with Gasteiger partial charge in [-0.25, -0.2) is 0 Å². The molecule has 1 aromatic carbocycles. The first kappa shape index (κ1) is 20.6. The monoisotopic (exact) mass is 388 g/mol. The summed E-state index contributed by atoms with van der Waals surface area (Å²) < 4.78 is 4.99. The van der Waals surface area contributed by atoms with Crippen molar-refractivity contribution in [3.05, 3.63) is 29.8 Å². The van der Waals surface area contributed by atoms with E-state index in [4.69, 9.17) is 4.74 Å². The van der Waals surface area contributed by atoms with E-state index < -0.39 is 0 Å². The molecule has 0 spiro atoms. The van der Waals surface area contributed by atoms with Crippen LogP contribution in [0.5, 0.6) is 0 Å². The van der Waals surface area contributed by atoms with Gasteiger partial charge < -0.3 is 20.3 Å². The molecule has 2 fully saturated rings. The molecular formula is C21H32N4O3. The molecule has 0 unspecified atom stereocenters. The highest BCUT2D eigenvalue weighted by Crippen LogP contribution is 2.18. The van der Waals surface area contributed by atoms with Gasteiger partial charge in [-0.15, -0.1) is 0 Å². The first-order valence-corrected chi connectivity index (χ1v) is 10.4. The molecule has 2 aliphatic heterocycles. The number of amides is 1. The van der Waals surface area contributed by atoms with Crippen molar-refractivity contribution in [1.82, 2.24) is 15.5 Å². The Bertz CT molecular complexity index is 636. The zero-order valence-corrected chi connectivity index (χ0v) is 16.8. The molecule has 0 aliphatic carbocycles. The smallest absolute Gasteiger partial charge is 0.320 e. The fourth-order valence-corrected chi connectivity index (χ4v) is 3.82. The van der Waals surface area contributed by atoms with Gasteiger partial charge in [0.05, 0.1) is 13.2 Å². The van der Waals surface area contributed by atoms with Crippen LogP contribution in [0.25, 0.3) is 0 Å². The molecule has 2 aliphatic rings. The largest absolute Gasteiger partial charge is 0.465 e. The van der Waals surface area contributed by atoms with E-state index in [1.54, 1.807) is 0 Å². The third kappa shape index (κ3) is 5.94. The van der Waals surface area contributed by atoms with Crippen molar-refractivity contribution >= 4 is 17.6 Å². The fraction of sp³-hybridized carbons (Fsp3) is 0.619. The summed E-state index contributed by atoms with van der Waals surface area (Å²) in [6.07, 6.45) is 1.57. The molecule has 7 nitrogen and oxygen atoms in total. The number of nitrogens with zero attached hydrogens (tertiary/aromatic N) is 2. The number of likely N-dealkylation sites (tertiary alicyclic amines) is 1. The lowest BCUT2D eigenvalue weighted by atomic mass is 9.96. The third-order valence-electron chi connectivity index (χ3n) is 5.50. The first-order chi connectivity index (χ1) is 13.7. The number of esters is 1. The van der Waals surface area contributed by atoms with Crippen molar-refractivity contribution in [3.8, 4) is 0 Å². The highest BCUT2D eigenvalue weighted by molar-refractivity contribution is 5.78. The number of hydrogen-bond donors (Lipinski definition) is 2. The Labute approximate surface area is 167 Å². The van der Waals surface area contributed by atoms with Crippen LogP contribution < -0.4 is 15.5 Å². The SMILES string of the molecule is CCOC(=O)CN1CCC(C(=O)NCc2ccc(N3CCNCC3)cc2)CC1. The maximum absolute atomic E-state index is 12.5. The second-order valence-electron chi connectivity index (χ2n) is 7.48. The minimum atomic E-state index is -0.185. The van der Waals surface area contributed by atoms with Gasteiger partial charge in [-0.2, -0.15) is 0 Å². The van der Waals surface area contributed by atoms with Gasteiger partial charge in [0.25, 0.3) is 0 Å². The zero-order valence-electron chi connectivity index (χ0n) is 16.8. The molecule has 1 aromatic rings. The third-order valence-corrected chi connectivity index (χ3v) is 5.50. The summed E-state index contributed by atoms with van der Waals surface area (Å²) >= 11 is 0. The molecular weight excluding hydrogens is 356 g/mol. The Morgan fingerprint density at radius 3 is 2.43 bits per heavy atom. The maximum Gasteiger partial charge on any atom is 0.320 e. The summed E-state index contributed by atoms with van der Waals surface area (Å²) in [5.74, 6) is -0.0461. The number of anilines is 1. The van der Waals surface area contributed by atoms with Crippen LogP contribution in [-0.2, 0) is 20.9 Å². The van der Waals surface area contributed by atoms with Crippen LogP contribution in [0.3, 0.4) is 0 Å². The molecule has 2 saturated heterocycles. The van der Waals surface area contributed by atoms with E-state index in [-0.39, 0.29) is 17.8 Å². The Kier molecular flexibility index (Phi) is 7.68. The molecule has 0 aromatic heterocycles. The van der Waals surface area contributed by atoms with E-state index in [9.17, 15) is 9.59 Å². The van der Waals surface area contributed by atoms with Gasteiger partial charge >= 0.3 is 5.97 Å². The number of benzene rings is 1. The molecule has 2 N–H and O–H groups in total. The van der Waals surface area contributed by atoms with Gasteiger partial charge in [0.1, 0.15) is 0 Å². The van der Waals surface area contributed by atoms with Crippen LogP contribution >= 0.6 is 0 Å². The van der Waals surface area contributed by atoms with Crippen LogP contribution in [0.4, 0.5) is 5.69 Å². The summed E-state index contributed by atoms with van der Waals surface area (Å²) in [5.41, 5.74) is 2.36. The number of carbonyl (C=O) groups is 2. The number of ether oxygens (including phenoxy) is 1. The number of rotatable bonds is 7. The average Bonchev–Trinajstić information content (AvgIpc) is 2.74. The quantitative estimate of drug-likeness (QED) is 0.679. The summed E-state index contributed by atoms with van der Waals surface area (Å²) in [7, 11) is 0. The Hall–Kier alpha value is -2.12. The Morgan fingerprint density at radius 2 is 1.79 bits per heavy atom. The lowest BCUT2D eigenvalue weighted by Crippen LogP contribution is -2.43. The van der Waals surface area contributed by atoms with E-state index in [0.29, 0.717) is 19.7 Å². The first-order valence-electron chi connectivity index (χ1n) is 10.4. The normalized spacial score (nSPS) is 18.7. The molecule has 28 heavy (non-hydrogen) atoms. The van der Waals surface area contributed by atoms with Gasteiger partial charge in [0.15, 0.2) is 0 Å². The van der Waals surface area contributed by atoms with Crippen molar-refractivity contribution in [3.63, 3.8) is 0 Å². The van der Waals surface area contributed by atoms with Gasteiger partial charge in [-0.05, 0) is 50.6 Å². The van der Waals surface area contributed by atoms with Crippen LogP contribution in [0, 0.1) is 5.92 Å². The fourth-order valence-electron chi connectivity index (χ4n) is 3.82. The predicted molar refractivity (Wildman–Crippen MR) is 109 cm³/mol. The molecule has 0 radical (unpaired) electrons. The molecule has 154 valence electrons. The van der Waals surface area contributed by atoms with Crippen LogP contribution in [0.2, 0.25) is 0 Å². The van der Waals surface area contributed by atoms with Crippen molar-refractivity contribution in [1.29, 1.82) is 0 Å². The second-order valence-corrected chi connectivity index (χ2v) is 7.48. The molecule has 3 rings (SSSR count). The summed E-state index contributed by atoms with van der Waals surface area (Å²) in [4.78, 5) is 28.5. The van der Waals surface area contributed by atoms with Crippen LogP contribution in [-0.4, -0.2) is 69.2 Å². The predicted octanol–water partition coefficient (Wildman–Crippen LogP) is 0.988. The van der Waals surface area contributed by atoms with Crippen LogP contribution in [0.15, 0.2) is 24.3 Å². The number of hydrogen-bond acceptors (Lipinski definition) is 6. The van der Waals surface area contributed by atoms with Crippen molar-refractivity contribution in [2.75, 3.05) is 57.3 Å². The van der Waals surface area contributed by atoms with E-state index in [1.165, 1.54) is 5.69 Å². The summed E-state index contributed by atoms with van der Waals surface area (Å²) in [6.45, 7) is 8.74. The lowest BCUT2D eigenvalue weighted by molar-refractivity contribution is -0.144. The van der Waals surface area contributed by atoms with E-state index in [0.717, 1.165) is 57.7 Å². The standard InChI is InChI=1S/C21H32N4O3/c1-2-28-20(26)16-24-11-7-18(8-12-24)21(27)23-15-17-3-5-19(6-4-17)25-13-9-22-10-14-25/h3-6,18,22H,2,7-16H2,1H3,(H,23,27). The highest BCUT2D eigenvalue weighted by Gasteiger charge is 2.26. The van der Waals surface area contributed by atoms with Crippen molar-refractivity contribution < 1.29 is 14.3 Å². The number of piperazine rings is 1. The van der Waals surface area contributed by atoms with E-state index in [2.05, 4.69) is 44.7 Å². The second kappa shape index (κ2) is 10.4. The van der Waals surface area contributed by atoms with E-state index in [1.807, 2.05) is 6.92 Å². The van der Waals surface area contributed by atoms with Crippen molar-refractivity contribution in [2.45, 2.75) is 26.3 Å². The van der Waals surface area contributed by atoms with E-state index >= 15 is 0 Å². The molecule has 0 bridgehead atoms. The minimum Gasteiger partial charge on any atom is -0.465 e. The molecule has 0 saturated carbocycles. The van der Waals surface area contributed by atoms with Gasteiger partial charge in [0, 0.05) is 44.3 Å². The number of piperidine rings is 1. The summed E-state index contributed by atoms with van der Waals surface area (Å²) in [6, 6.07) is 8.47. The highest BCUT2D eigenvalue weighted by atomic mass is 16.5. The average molecular weight is 389 g/mol. The van der Waals surface area contributed by atoms with Gasteiger partial charge in [0.2, 0.25) is 5.91 Å². The minimum absolute atomic E-state index is 0.0265. The number of nitrogens with one attached hydrogen (secondary N) is 2. The Balaban J connectivity index is 1.39.